The molecule has 1 amide bonds. The van der Waals surface area contributed by atoms with Crippen LogP contribution in [0, 0.1) is 0 Å². The number of nitrogens with one attached hydrogen (secondary N) is 1. The van der Waals surface area contributed by atoms with E-state index < -0.39 is 6.09 Å². The van der Waals surface area contributed by atoms with Crippen LogP contribution in [-0.2, 0) is 0 Å². The van der Waals surface area contributed by atoms with E-state index in [1.807, 2.05) is 6.08 Å². The Balaban J connectivity index is 2.09. The number of rotatable bonds is 1. The summed E-state index contributed by atoms with van der Waals surface area (Å²) in [4.78, 5) is 19.1. The zero-order valence-corrected chi connectivity index (χ0v) is 7.60. The molecule has 1 aromatic rings. The fourth-order valence-corrected chi connectivity index (χ4v) is 1.50. The molecule has 74 valence electrons. The van der Waals surface area contributed by atoms with Gasteiger partial charge >= 0.3 is 6.09 Å². The van der Waals surface area contributed by atoms with Crippen LogP contribution in [0.3, 0.4) is 0 Å². The molecule has 0 bridgehead atoms. The highest BCUT2D eigenvalue weighted by Gasteiger charge is 2.17. The molecule has 5 nitrogen and oxygen atoms in total. The maximum absolute atomic E-state index is 10.6. The molecule has 1 aliphatic rings. The molecular formula is C9H11N3O2. The van der Waals surface area contributed by atoms with Crippen molar-refractivity contribution in [3.8, 4) is 0 Å². The number of aromatic nitrogens is 2. The van der Waals surface area contributed by atoms with Crippen molar-refractivity contribution in [2.24, 2.45) is 0 Å². The van der Waals surface area contributed by atoms with Crippen LogP contribution in [0.5, 0.6) is 0 Å². The predicted molar refractivity (Wildman–Crippen MR) is 50.8 cm³/mol. The number of nitrogens with zero attached hydrogens (tertiary/aromatic N) is 2. The molecule has 2 N–H and O–H groups in total. The molecule has 2 rings (SSSR count). The Hall–Kier alpha value is -1.78. The third-order valence-electron chi connectivity index (χ3n) is 2.28. The van der Waals surface area contributed by atoms with Crippen LogP contribution in [0.1, 0.15) is 12.2 Å². The molecule has 5 heteroatoms. The van der Waals surface area contributed by atoms with Gasteiger partial charge in [0.1, 0.15) is 5.82 Å². The molecule has 0 atom stereocenters. The topological polar surface area (TPSA) is 69.2 Å². The summed E-state index contributed by atoms with van der Waals surface area (Å²) in [5.74, 6) is 0.843. The van der Waals surface area contributed by atoms with E-state index in [1.165, 1.54) is 4.90 Å². The first-order valence-electron chi connectivity index (χ1n) is 4.44. The van der Waals surface area contributed by atoms with E-state index in [4.69, 9.17) is 5.11 Å². The van der Waals surface area contributed by atoms with Gasteiger partial charge in [0.2, 0.25) is 0 Å². The summed E-state index contributed by atoms with van der Waals surface area (Å²) in [6.45, 7) is 0.993. The number of carbonyl (C=O) groups is 1. The molecule has 0 unspecified atom stereocenters. The minimum absolute atomic E-state index is 0.450. The Morgan fingerprint density at radius 3 is 3.00 bits per heavy atom. The Morgan fingerprint density at radius 1 is 1.64 bits per heavy atom. The van der Waals surface area contributed by atoms with Gasteiger partial charge < -0.3 is 15.0 Å². The summed E-state index contributed by atoms with van der Waals surface area (Å²) in [5.41, 5.74) is 1.09. The highest BCUT2D eigenvalue weighted by atomic mass is 16.4. The molecule has 1 aliphatic heterocycles. The van der Waals surface area contributed by atoms with Crippen molar-refractivity contribution in [3.05, 3.63) is 24.3 Å². The molecule has 0 saturated carbocycles. The lowest BCUT2D eigenvalue weighted by atomic mass is 10.1. The second-order valence-electron chi connectivity index (χ2n) is 3.15. The van der Waals surface area contributed by atoms with E-state index in [-0.39, 0.29) is 0 Å². The van der Waals surface area contributed by atoms with E-state index in [9.17, 15) is 4.79 Å². The highest BCUT2D eigenvalue weighted by Crippen LogP contribution is 2.18. The first-order valence-corrected chi connectivity index (χ1v) is 4.44. The monoisotopic (exact) mass is 193 g/mol. The standard InChI is InChI=1S/C9H11N3O2/c13-9(14)12-5-1-7(2-6-12)8-10-3-4-11-8/h1,3-4H,2,5-6H2,(H,10,11)(H,13,14). The molecule has 1 aromatic heterocycles. The molecule has 0 aromatic carbocycles. The molecular weight excluding hydrogens is 182 g/mol. The fourth-order valence-electron chi connectivity index (χ4n) is 1.50. The van der Waals surface area contributed by atoms with E-state index in [0.717, 1.165) is 17.8 Å². The van der Waals surface area contributed by atoms with Crippen molar-refractivity contribution in [2.75, 3.05) is 13.1 Å². The Kier molecular flexibility index (Phi) is 2.22. The van der Waals surface area contributed by atoms with Gasteiger partial charge in [-0.05, 0) is 12.0 Å². The minimum Gasteiger partial charge on any atom is -0.465 e. The molecule has 2 heterocycles. The van der Waals surface area contributed by atoms with Crippen molar-refractivity contribution < 1.29 is 9.90 Å². The SMILES string of the molecule is O=C(O)N1CC=C(c2ncc[nH]2)CC1. The summed E-state index contributed by atoms with van der Waals surface area (Å²) in [6.07, 6.45) is 5.22. The summed E-state index contributed by atoms with van der Waals surface area (Å²) in [5, 5.41) is 8.73. The normalized spacial score (nSPS) is 16.6. The van der Waals surface area contributed by atoms with Gasteiger partial charge in [-0.25, -0.2) is 9.78 Å². The van der Waals surface area contributed by atoms with Gasteiger partial charge in [-0.15, -0.1) is 0 Å². The molecule has 0 spiro atoms. The second kappa shape index (κ2) is 3.53. The number of aromatic amines is 1. The molecule has 14 heavy (non-hydrogen) atoms. The Morgan fingerprint density at radius 2 is 2.50 bits per heavy atom. The zero-order chi connectivity index (χ0) is 9.97. The van der Waals surface area contributed by atoms with Gasteiger partial charge in [0, 0.05) is 25.5 Å². The second-order valence-corrected chi connectivity index (χ2v) is 3.15. The summed E-state index contributed by atoms with van der Waals surface area (Å²) >= 11 is 0. The number of hydrogen-bond donors (Lipinski definition) is 2. The smallest absolute Gasteiger partial charge is 0.407 e. The van der Waals surface area contributed by atoms with Crippen LogP contribution in [0.2, 0.25) is 0 Å². The van der Waals surface area contributed by atoms with Crippen molar-refractivity contribution in [1.82, 2.24) is 14.9 Å². The summed E-state index contributed by atoms with van der Waals surface area (Å²) < 4.78 is 0. The third kappa shape index (κ3) is 1.61. The first-order chi connectivity index (χ1) is 6.77. The van der Waals surface area contributed by atoms with Crippen molar-refractivity contribution in [1.29, 1.82) is 0 Å². The molecule has 0 aliphatic carbocycles. The number of amides is 1. The van der Waals surface area contributed by atoms with Gasteiger partial charge in [-0.1, -0.05) is 6.08 Å². The van der Waals surface area contributed by atoms with Crippen molar-refractivity contribution in [3.63, 3.8) is 0 Å². The van der Waals surface area contributed by atoms with Gasteiger partial charge in [0.15, 0.2) is 0 Å². The molecule has 0 saturated heterocycles. The first kappa shape index (κ1) is 8.80. The summed E-state index contributed by atoms with van der Waals surface area (Å²) in [7, 11) is 0. The average Bonchev–Trinajstić information content (AvgIpc) is 2.71. The van der Waals surface area contributed by atoms with Crippen LogP contribution in [0.4, 0.5) is 4.79 Å². The quantitative estimate of drug-likeness (QED) is 0.703. The predicted octanol–water partition coefficient (Wildman–Crippen LogP) is 1.18. The van der Waals surface area contributed by atoms with Crippen LogP contribution < -0.4 is 0 Å². The maximum atomic E-state index is 10.6. The van der Waals surface area contributed by atoms with Gasteiger partial charge in [-0.2, -0.15) is 0 Å². The largest absolute Gasteiger partial charge is 0.465 e. The van der Waals surface area contributed by atoms with E-state index in [2.05, 4.69) is 9.97 Å². The lowest BCUT2D eigenvalue weighted by Crippen LogP contribution is -2.33. The maximum Gasteiger partial charge on any atom is 0.407 e. The fraction of sp³-hybridized carbons (Fsp3) is 0.333. The highest BCUT2D eigenvalue weighted by molar-refractivity contribution is 5.69. The van der Waals surface area contributed by atoms with Crippen LogP contribution in [-0.4, -0.2) is 39.2 Å². The molecule has 0 radical (unpaired) electrons. The van der Waals surface area contributed by atoms with Crippen LogP contribution >= 0.6 is 0 Å². The van der Waals surface area contributed by atoms with Crippen LogP contribution in [0.15, 0.2) is 18.5 Å². The Bertz CT molecular complexity index is 356. The van der Waals surface area contributed by atoms with Gasteiger partial charge in [-0.3, -0.25) is 0 Å². The van der Waals surface area contributed by atoms with E-state index in [0.29, 0.717) is 13.1 Å². The zero-order valence-electron chi connectivity index (χ0n) is 7.60. The number of carboxylic acid groups (broad SMARTS) is 1. The number of hydrogen-bond acceptors (Lipinski definition) is 2. The van der Waals surface area contributed by atoms with E-state index >= 15 is 0 Å². The molecule has 0 fully saturated rings. The van der Waals surface area contributed by atoms with E-state index in [1.54, 1.807) is 12.4 Å². The van der Waals surface area contributed by atoms with Crippen molar-refractivity contribution in [2.45, 2.75) is 6.42 Å². The summed E-state index contributed by atoms with van der Waals surface area (Å²) in [6, 6.07) is 0. The van der Waals surface area contributed by atoms with Crippen LogP contribution in [0.25, 0.3) is 5.57 Å². The third-order valence-corrected chi connectivity index (χ3v) is 2.28. The number of imidazole rings is 1. The minimum atomic E-state index is -0.861. The average molecular weight is 193 g/mol. The van der Waals surface area contributed by atoms with Gasteiger partial charge in [0.05, 0.1) is 0 Å². The van der Waals surface area contributed by atoms with Gasteiger partial charge in [0.25, 0.3) is 0 Å². The lowest BCUT2D eigenvalue weighted by Gasteiger charge is -2.22. The number of H-pyrrole nitrogens is 1. The lowest BCUT2D eigenvalue weighted by molar-refractivity contribution is 0.150. The Labute approximate surface area is 81.1 Å². The van der Waals surface area contributed by atoms with Crippen molar-refractivity contribution >= 4 is 11.7 Å².